The number of amides is 1. The molecular formula is C23H18Cl3F3N2O3S. The van der Waals surface area contributed by atoms with Crippen LogP contribution in [0.2, 0.25) is 15.1 Å². The third kappa shape index (κ3) is 7.11. The van der Waals surface area contributed by atoms with Crippen molar-refractivity contribution in [3.63, 3.8) is 0 Å². The fourth-order valence-corrected chi connectivity index (χ4v) is 5.54. The number of alkyl halides is 3. The molecular weight excluding hydrogens is 548 g/mol. The van der Waals surface area contributed by atoms with Gasteiger partial charge in [0.1, 0.15) is 4.90 Å². The molecule has 0 atom stereocenters. The van der Waals surface area contributed by atoms with Crippen LogP contribution in [-0.2, 0) is 27.4 Å². The van der Waals surface area contributed by atoms with Gasteiger partial charge in [-0.2, -0.15) is 17.5 Å². The van der Waals surface area contributed by atoms with Crippen LogP contribution in [0.5, 0.6) is 0 Å². The Morgan fingerprint density at radius 2 is 1.57 bits per heavy atom. The molecule has 3 aromatic carbocycles. The molecule has 3 aromatic rings. The van der Waals surface area contributed by atoms with E-state index in [4.69, 9.17) is 34.8 Å². The lowest BCUT2D eigenvalue weighted by atomic mass is 10.1. The van der Waals surface area contributed by atoms with Gasteiger partial charge in [-0.3, -0.25) is 4.79 Å². The molecule has 1 amide bonds. The zero-order valence-electron chi connectivity index (χ0n) is 17.8. The molecule has 0 aliphatic rings. The minimum atomic E-state index is -4.73. The summed E-state index contributed by atoms with van der Waals surface area (Å²) in [5.74, 6) is -0.852. The molecule has 12 heteroatoms. The van der Waals surface area contributed by atoms with E-state index in [2.05, 4.69) is 5.32 Å². The number of carbonyl (C=O) groups excluding carboxylic acids is 1. The molecule has 0 saturated heterocycles. The minimum Gasteiger partial charge on any atom is -0.325 e. The molecule has 0 aliphatic heterocycles. The van der Waals surface area contributed by atoms with E-state index in [0.29, 0.717) is 6.07 Å². The first-order valence-corrected chi connectivity index (χ1v) is 12.6. The van der Waals surface area contributed by atoms with Gasteiger partial charge >= 0.3 is 6.18 Å². The molecule has 186 valence electrons. The molecule has 0 fully saturated rings. The Labute approximate surface area is 215 Å². The summed E-state index contributed by atoms with van der Waals surface area (Å²) in [4.78, 5) is 12.4. The third-order valence-electron chi connectivity index (χ3n) is 4.88. The summed E-state index contributed by atoms with van der Waals surface area (Å²) in [5.41, 5.74) is -0.498. The number of nitrogens with zero attached hydrogens (tertiary/aromatic N) is 1. The van der Waals surface area contributed by atoms with Crippen molar-refractivity contribution >= 4 is 56.4 Å². The van der Waals surface area contributed by atoms with Crippen LogP contribution < -0.4 is 5.32 Å². The van der Waals surface area contributed by atoms with Crippen molar-refractivity contribution < 1.29 is 26.4 Å². The van der Waals surface area contributed by atoms with Crippen LogP contribution in [0.4, 0.5) is 18.9 Å². The highest BCUT2D eigenvalue weighted by atomic mass is 35.5. The Hall–Kier alpha value is -2.30. The van der Waals surface area contributed by atoms with Crippen molar-refractivity contribution in [2.45, 2.75) is 17.5 Å². The fourth-order valence-electron chi connectivity index (χ4n) is 3.18. The Morgan fingerprint density at radius 3 is 2.23 bits per heavy atom. The number of rotatable bonds is 8. The van der Waals surface area contributed by atoms with E-state index < -0.39 is 39.2 Å². The summed E-state index contributed by atoms with van der Waals surface area (Å²) >= 11 is 17.7. The second kappa shape index (κ2) is 11.2. The molecule has 0 saturated carbocycles. The van der Waals surface area contributed by atoms with Gasteiger partial charge in [-0.25, -0.2) is 8.42 Å². The maximum atomic E-state index is 13.4. The summed E-state index contributed by atoms with van der Waals surface area (Å²) < 4.78 is 67.1. The highest BCUT2D eigenvalue weighted by molar-refractivity contribution is 7.89. The van der Waals surface area contributed by atoms with Gasteiger partial charge in [0.2, 0.25) is 15.9 Å². The van der Waals surface area contributed by atoms with Gasteiger partial charge in [-0.05, 0) is 48.4 Å². The number of nitrogens with one attached hydrogen (secondary N) is 1. The molecule has 0 aromatic heterocycles. The van der Waals surface area contributed by atoms with Crippen LogP contribution in [-0.4, -0.2) is 31.7 Å². The van der Waals surface area contributed by atoms with Crippen LogP contribution in [0.15, 0.2) is 71.6 Å². The van der Waals surface area contributed by atoms with Crippen molar-refractivity contribution in [3.8, 4) is 0 Å². The number of halogens is 6. The quantitative estimate of drug-likeness (QED) is 0.337. The monoisotopic (exact) mass is 564 g/mol. The lowest BCUT2D eigenvalue weighted by Gasteiger charge is -2.23. The lowest BCUT2D eigenvalue weighted by Crippen LogP contribution is -2.39. The number of benzene rings is 3. The summed E-state index contributed by atoms with van der Waals surface area (Å²) in [7, 11) is -4.29. The highest BCUT2D eigenvalue weighted by Crippen LogP contribution is 2.36. The molecule has 1 N–H and O–H groups in total. The fraction of sp³-hybridized carbons (Fsp3) is 0.174. The number of hydrogen-bond acceptors (Lipinski definition) is 3. The minimum absolute atomic E-state index is 0.0907. The Bertz CT molecular complexity index is 1320. The van der Waals surface area contributed by atoms with Crippen molar-refractivity contribution in [2.24, 2.45) is 0 Å². The number of hydrogen-bond donors (Lipinski definition) is 1. The highest BCUT2D eigenvalue weighted by Gasteiger charge is 2.34. The summed E-state index contributed by atoms with van der Waals surface area (Å²) in [6, 6.07) is 15.7. The number of anilines is 1. The Morgan fingerprint density at radius 1 is 0.914 bits per heavy atom. The van der Waals surface area contributed by atoms with Crippen molar-refractivity contribution in [1.82, 2.24) is 4.31 Å². The second-order valence-electron chi connectivity index (χ2n) is 7.39. The lowest BCUT2D eigenvalue weighted by molar-refractivity contribution is -0.137. The molecule has 5 nitrogen and oxygen atoms in total. The van der Waals surface area contributed by atoms with Crippen LogP contribution in [0.3, 0.4) is 0 Å². The molecule has 0 radical (unpaired) electrons. The molecule has 0 unspecified atom stereocenters. The topological polar surface area (TPSA) is 66.5 Å². The predicted molar refractivity (Wildman–Crippen MR) is 130 cm³/mol. The van der Waals surface area contributed by atoms with Crippen LogP contribution >= 0.6 is 34.8 Å². The SMILES string of the molecule is O=C(CN(CCc1ccccc1)S(=O)(=O)c1cc(Cl)ccc1Cl)Nc1ccc(Cl)c(C(F)(F)F)c1. The zero-order valence-corrected chi connectivity index (χ0v) is 20.9. The predicted octanol–water partition coefficient (Wildman–Crippen LogP) is 6.54. The van der Waals surface area contributed by atoms with Gasteiger partial charge in [0.25, 0.3) is 0 Å². The standard InChI is InChI=1S/C23H18Cl3F3N2O3S/c24-16-6-8-20(26)21(12-16)35(33,34)31(11-10-15-4-2-1-3-5-15)14-22(32)30-17-7-9-19(25)18(13-17)23(27,28)29/h1-9,12-13H,10-11,14H2,(H,30,32). The zero-order chi connectivity index (χ0) is 25.8. The summed E-state index contributed by atoms with van der Waals surface area (Å²) in [5, 5.41) is 1.80. The van der Waals surface area contributed by atoms with E-state index in [1.54, 1.807) is 30.3 Å². The van der Waals surface area contributed by atoms with Crippen LogP contribution in [0, 0.1) is 0 Å². The van der Waals surface area contributed by atoms with Gasteiger partial charge in [0.05, 0.1) is 22.2 Å². The molecule has 0 aliphatic carbocycles. The van der Waals surface area contributed by atoms with Gasteiger partial charge in [0, 0.05) is 17.3 Å². The van der Waals surface area contributed by atoms with Gasteiger partial charge in [-0.15, -0.1) is 0 Å². The van der Waals surface area contributed by atoms with E-state index >= 15 is 0 Å². The van der Waals surface area contributed by atoms with E-state index in [0.717, 1.165) is 15.9 Å². The summed E-state index contributed by atoms with van der Waals surface area (Å²) in [6.07, 6.45) is -4.46. The number of sulfonamides is 1. The second-order valence-corrected chi connectivity index (χ2v) is 10.5. The molecule has 35 heavy (non-hydrogen) atoms. The van der Waals surface area contributed by atoms with Crippen LogP contribution in [0.25, 0.3) is 0 Å². The van der Waals surface area contributed by atoms with Crippen molar-refractivity contribution in [1.29, 1.82) is 0 Å². The third-order valence-corrected chi connectivity index (χ3v) is 7.77. The largest absolute Gasteiger partial charge is 0.417 e. The van der Waals surface area contributed by atoms with Gasteiger partial charge in [0.15, 0.2) is 0 Å². The van der Waals surface area contributed by atoms with E-state index in [-0.39, 0.29) is 33.6 Å². The van der Waals surface area contributed by atoms with E-state index in [1.807, 2.05) is 0 Å². The first kappa shape index (κ1) is 27.3. The van der Waals surface area contributed by atoms with Crippen molar-refractivity contribution in [2.75, 3.05) is 18.4 Å². The number of carbonyl (C=O) groups is 1. The van der Waals surface area contributed by atoms with E-state index in [1.165, 1.54) is 24.3 Å². The van der Waals surface area contributed by atoms with Gasteiger partial charge < -0.3 is 5.32 Å². The first-order chi connectivity index (χ1) is 16.4. The van der Waals surface area contributed by atoms with Gasteiger partial charge in [-0.1, -0.05) is 65.1 Å². The smallest absolute Gasteiger partial charge is 0.325 e. The molecule has 3 rings (SSSR count). The van der Waals surface area contributed by atoms with Crippen molar-refractivity contribution in [3.05, 3.63) is 92.9 Å². The average molecular weight is 566 g/mol. The first-order valence-electron chi connectivity index (χ1n) is 10.0. The maximum Gasteiger partial charge on any atom is 0.417 e. The molecule has 0 heterocycles. The van der Waals surface area contributed by atoms with E-state index in [9.17, 15) is 26.4 Å². The molecule has 0 spiro atoms. The maximum absolute atomic E-state index is 13.4. The van der Waals surface area contributed by atoms with Crippen LogP contribution in [0.1, 0.15) is 11.1 Å². The molecule has 0 bridgehead atoms. The average Bonchev–Trinajstić information content (AvgIpc) is 2.79. The Balaban J connectivity index is 1.88. The normalized spacial score (nSPS) is 12.1. The Kier molecular flexibility index (Phi) is 8.72. The summed E-state index contributed by atoms with van der Waals surface area (Å²) in [6.45, 7) is -0.779.